The standard InChI is InChI=1S/C14H19N3O3S/c1-16-12(18)6-11(13(19)20)14(16)2-4-17(5-3-14)8-10-7-15-9-21-10/h7,9,11H,2-6,8H2,1H3,(H,19,20)/t11-/m0/s1. The van der Waals surface area contributed by atoms with Crippen molar-refractivity contribution in [2.24, 2.45) is 5.92 Å². The molecule has 0 saturated carbocycles. The summed E-state index contributed by atoms with van der Waals surface area (Å²) in [7, 11) is 1.75. The highest BCUT2D eigenvalue weighted by Crippen LogP contribution is 2.43. The molecule has 2 fully saturated rings. The van der Waals surface area contributed by atoms with E-state index < -0.39 is 17.4 Å². The molecule has 7 heteroatoms. The number of aromatic nitrogens is 1. The summed E-state index contributed by atoms with van der Waals surface area (Å²) in [6.45, 7) is 2.49. The Balaban J connectivity index is 1.70. The van der Waals surface area contributed by atoms with E-state index in [4.69, 9.17) is 0 Å². The fraction of sp³-hybridized carbons (Fsp3) is 0.643. The largest absolute Gasteiger partial charge is 0.481 e. The highest BCUT2D eigenvalue weighted by atomic mass is 32.1. The average Bonchev–Trinajstić information content (AvgIpc) is 3.04. The van der Waals surface area contributed by atoms with E-state index in [9.17, 15) is 14.7 Å². The van der Waals surface area contributed by atoms with Gasteiger partial charge in [-0.3, -0.25) is 19.5 Å². The number of carboxylic acids is 1. The molecule has 0 bridgehead atoms. The second kappa shape index (κ2) is 5.38. The number of thiazole rings is 1. The number of rotatable bonds is 3. The Bertz CT molecular complexity index is 538. The first-order valence-corrected chi connectivity index (χ1v) is 8.00. The quantitative estimate of drug-likeness (QED) is 0.903. The number of carbonyl (C=O) groups is 2. The maximum atomic E-state index is 11.9. The van der Waals surface area contributed by atoms with Gasteiger partial charge in [0.1, 0.15) is 0 Å². The molecule has 1 amide bonds. The Morgan fingerprint density at radius 3 is 2.81 bits per heavy atom. The third kappa shape index (κ3) is 2.44. The van der Waals surface area contributed by atoms with Crippen LogP contribution in [0.3, 0.4) is 0 Å². The first-order valence-electron chi connectivity index (χ1n) is 7.12. The van der Waals surface area contributed by atoms with Crippen molar-refractivity contribution in [1.29, 1.82) is 0 Å². The van der Waals surface area contributed by atoms with E-state index >= 15 is 0 Å². The molecule has 1 spiro atoms. The van der Waals surface area contributed by atoms with Crippen LogP contribution in [0.2, 0.25) is 0 Å². The Labute approximate surface area is 127 Å². The lowest BCUT2D eigenvalue weighted by Crippen LogP contribution is -2.55. The Morgan fingerprint density at radius 1 is 1.52 bits per heavy atom. The van der Waals surface area contributed by atoms with Gasteiger partial charge in [-0.05, 0) is 12.8 Å². The van der Waals surface area contributed by atoms with E-state index in [-0.39, 0.29) is 12.3 Å². The summed E-state index contributed by atoms with van der Waals surface area (Å²) < 4.78 is 0. The molecule has 1 N–H and O–H groups in total. The SMILES string of the molecule is CN1C(=O)C[C@@H](C(=O)O)C12CCN(Cc1cncs1)CC2. The minimum Gasteiger partial charge on any atom is -0.481 e. The molecule has 114 valence electrons. The van der Waals surface area contributed by atoms with Gasteiger partial charge in [-0.2, -0.15) is 0 Å². The molecule has 1 atom stereocenters. The van der Waals surface area contributed by atoms with Crippen LogP contribution >= 0.6 is 11.3 Å². The van der Waals surface area contributed by atoms with E-state index in [0.717, 1.165) is 32.5 Å². The second-order valence-corrected chi connectivity index (χ2v) is 6.87. The second-order valence-electron chi connectivity index (χ2n) is 5.90. The number of hydrogen-bond donors (Lipinski definition) is 1. The van der Waals surface area contributed by atoms with Crippen molar-refractivity contribution in [2.45, 2.75) is 31.3 Å². The smallest absolute Gasteiger partial charge is 0.309 e. The van der Waals surface area contributed by atoms with Gasteiger partial charge in [0, 0.05) is 44.2 Å². The highest BCUT2D eigenvalue weighted by molar-refractivity contribution is 7.09. The molecule has 6 nitrogen and oxygen atoms in total. The van der Waals surface area contributed by atoms with Crippen LogP contribution in [-0.2, 0) is 16.1 Å². The minimum absolute atomic E-state index is 0.0432. The minimum atomic E-state index is -0.844. The summed E-state index contributed by atoms with van der Waals surface area (Å²) in [4.78, 5) is 32.7. The van der Waals surface area contributed by atoms with Crippen LogP contribution in [0.25, 0.3) is 0 Å². The summed E-state index contributed by atoms with van der Waals surface area (Å²) in [5, 5.41) is 9.44. The Morgan fingerprint density at radius 2 is 2.24 bits per heavy atom. The molecule has 0 radical (unpaired) electrons. The summed E-state index contributed by atoms with van der Waals surface area (Å²) in [6, 6.07) is 0. The Hall–Kier alpha value is -1.47. The normalized spacial score (nSPS) is 25.7. The van der Waals surface area contributed by atoms with E-state index in [1.165, 1.54) is 4.88 Å². The zero-order valence-electron chi connectivity index (χ0n) is 12.0. The van der Waals surface area contributed by atoms with E-state index in [1.54, 1.807) is 23.3 Å². The molecule has 3 heterocycles. The highest BCUT2D eigenvalue weighted by Gasteiger charge is 2.55. The molecular formula is C14H19N3O3S. The lowest BCUT2D eigenvalue weighted by molar-refractivity contribution is -0.146. The van der Waals surface area contributed by atoms with Crippen molar-refractivity contribution in [2.75, 3.05) is 20.1 Å². The van der Waals surface area contributed by atoms with E-state index in [1.807, 2.05) is 11.7 Å². The summed E-state index contributed by atoms with van der Waals surface area (Å²) >= 11 is 1.64. The van der Waals surface area contributed by atoms with E-state index in [0.29, 0.717) is 0 Å². The zero-order valence-corrected chi connectivity index (χ0v) is 12.8. The van der Waals surface area contributed by atoms with Crippen LogP contribution in [-0.4, -0.2) is 57.4 Å². The van der Waals surface area contributed by atoms with Crippen LogP contribution in [0.1, 0.15) is 24.1 Å². The van der Waals surface area contributed by atoms with Crippen molar-refractivity contribution in [3.8, 4) is 0 Å². The number of carboxylic acid groups (broad SMARTS) is 1. The third-order valence-electron chi connectivity index (χ3n) is 4.95. The molecule has 1 aromatic rings. The number of hydrogen-bond acceptors (Lipinski definition) is 5. The molecule has 0 aliphatic carbocycles. The number of amides is 1. The van der Waals surface area contributed by atoms with Gasteiger partial charge >= 0.3 is 5.97 Å². The fourth-order valence-corrected chi connectivity index (χ4v) is 4.26. The first kappa shape index (κ1) is 14.5. The predicted molar refractivity (Wildman–Crippen MR) is 77.9 cm³/mol. The zero-order chi connectivity index (χ0) is 15.0. The molecule has 2 aliphatic rings. The van der Waals surface area contributed by atoms with Gasteiger partial charge < -0.3 is 10.0 Å². The molecule has 21 heavy (non-hydrogen) atoms. The van der Waals surface area contributed by atoms with Crippen molar-refractivity contribution in [1.82, 2.24) is 14.8 Å². The fourth-order valence-electron chi connectivity index (χ4n) is 3.62. The number of piperidine rings is 1. The summed E-state index contributed by atoms with van der Waals surface area (Å²) in [5.74, 6) is -1.46. The Kier molecular flexibility index (Phi) is 3.71. The van der Waals surface area contributed by atoms with Crippen LogP contribution in [0.15, 0.2) is 11.7 Å². The van der Waals surface area contributed by atoms with Gasteiger partial charge in [0.05, 0.1) is 17.0 Å². The van der Waals surface area contributed by atoms with Gasteiger partial charge in [0.25, 0.3) is 0 Å². The van der Waals surface area contributed by atoms with Crippen LogP contribution in [0.5, 0.6) is 0 Å². The van der Waals surface area contributed by atoms with Gasteiger partial charge in [-0.15, -0.1) is 11.3 Å². The lowest BCUT2D eigenvalue weighted by atomic mass is 9.77. The number of carbonyl (C=O) groups excluding carboxylic acids is 1. The van der Waals surface area contributed by atoms with Gasteiger partial charge in [0.2, 0.25) is 5.91 Å². The molecule has 2 aliphatic heterocycles. The van der Waals surface area contributed by atoms with Crippen LogP contribution < -0.4 is 0 Å². The average molecular weight is 309 g/mol. The first-order chi connectivity index (χ1) is 10.0. The molecule has 0 aromatic carbocycles. The molecule has 1 aromatic heterocycles. The number of aliphatic carboxylic acids is 1. The summed E-state index contributed by atoms with van der Waals surface area (Å²) in [6.07, 6.45) is 3.47. The molecule has 2 saturated heterocycles. The van der Waals surface area contributed by atoms with Gasteiger partial charge in [-0.1, -0.05) is 0 Å². The molecular weight excluding hydrogens is 290 g/mol. The van der Waals surface area contributed by atoms with Crippen molar-refractivity contribution in [3.63, 3.8) is 0 Å². The lowest BCUT2D eigenvalue weighted by Gasteiger charge is -2.45. The third-order valence-corrected chi connectivity index (χ3v) is 5.72. The van der Waals surface area contributed by atoms with Crippen molar-refractivity contribution >= 4 is 23.2 Å². The number of nitrogens with zero attached hydrogens (tertiary/aromatic N) is 3. The van der Waals surface area contributed by atoms with Gasteiger partial charge in [-0.25, -0.2) is 0 Å². The van der Waals surface area contributed by atoms with E-state index in [2.05, 4.69) is 9.88 Å². The van der Waals surface area contributed by atoms with Crippen molar-refractivity contribution in [3.05, 3.63) is 16.6 Å². The maximum Gasteiger partial charge on any atom is 0.309 e. The van der Waals surface area contributed by atoms with Gasteiger partial charge in [0.15, 0.2) is 0 Å². The van der Waals surface area contributed by atoms with Crippen LogP contribution in [0.4, 0.5) is 0 Å². The predicted octanol–water partition coefficient (Wildman–Crippen LogP) is 1.04. The van der Waals surface area contributed by atoms with Crippen molar-refractivity contribution < 1.29 is 14.7 Å². The summed E-state index contributed by atoms with van der Waals surface area (Å²) in [5.41, 5.74) is 1.33. The molecule has 3 rings (SSSR count). The topological polar surface area (TPSA) is 73.7 Å². The van der Waals surface area contributed by atoms with Crippen LogP contribution in [0, 0.1) is 5.92 Å². The number of likely N-dealkylation sites (tertiary alicyclic amines) is 2. The molecule has 0 unspecified atom stereocenters. The maximum absolute atomic E-state index is 11.9. The monoisotopic (exact) mass is 309 g/mol.